The van der Waals surface area contributed by atoms with E-state index in [4.69, 9.17) is 9.84 Å². The number of rotatable bonds is 6. The van der Waals surface area contributed by atoms with Crippen LogP contribution in [-0.2, 0) is 15.0 Å². The van der Waals surface area contributed by atoms with Crippen LogP contribution in [0.1, 0.15) is 13.3 Å². The minimum Gasteiger partial charge on any atom is -0.506 e. The van der Waals surface area contributed by atoms with Crippen molar-refractivity contribution in [2.45, 2.75) is 18.9 Å². The first kappa shape index (κ1) is 20.9. The van der Waals surface area contributed by atoms with E-state index in [1.54, 1.807) is 4.72 Å². The Bertz CT molecular complexity index is 1090. The maximum Gasteiger partial charge on any atom is 0.326 e. The molecule has 0 saturated carbocycles. The van der Waals surface area contributed by atoms with Crippen LogP contribution in [0.4, 0.5) is 10.1 Å². The van der Waals surface area contributed by atoms with E-state index in [1.807, 2.05) is 0 Å². The third kappa shape index (κ3) is 3.99. The summed E-state index contributed by atoms with van der Waals surface area (Å²) >= 11 is 0. The summed E-state index contributed by atoms with van der Waals surface area (Å²) in [6.45, 7) is 0.0691. The molecular formula is C17H19FN2O8S. The largest absolute Gasteiger partial charge is 0.506 e. The highest BCUT2D eigenvalue weighted by molar-refractivity contribution is 7.92. The fraction of sp³-hybridized carbons (Fsp3) is 0.353. The van der Waals surface area contributed by atoms with Crippen LogP contribution in [0.5, 0.6) is 17.2 Å². The SMILES string of the molecule is CC(O)(CO)CCOc1cc2c(F)c(N3CC(=O)NS3(=O)=O)c(O)cc2cc1O. The molecule has 0 aliphatic carbocycles. The second-order valence-corrected chi connectivity index (χ2v) is 8.48. The number of nitrogens with zero attached hydrogens (tertiary/aromatic N) is 1. The van der Waals surface area contributed by atoms with Crippen molar-refractivity contribution in [3.05, 3.63) is 24.0 Å². The summed E-state index contributed by atoms with van der Waals surface area (Å²) in [4.78, 5) is 11.4. The number of aliphatic hydroxyl groups excluding tert-OH is 1. The monoisotopic (exact) mass is 430 g/mol. The lowest BCUT2D eigenvalue weighted by atomic mass is 10.0. The standard InChI is InChI=1S/C17H19FN2O8S/c1-17(25,8-21)2-3-28-13-6-10-9(4-11(13)22)5-12(23)16(15(10)18)20-7-14(24)19-29(20,26)27/h4-6,21-23,25H,2-3,7-8H2,1H3,(H,19,24). The number of amides is 1. The fourth-order valence-electron chi connectivity index (χ4n) is 2.81. The molecule has 1 fully saturated rings. The average Bonchev–Trinajstić information content (AvgIpc) is 2.88. The number of phenols is 2. The van der Waals surface area contributed by atoms with Crippen molar-refractivity contribution < 1.29 is 42.8 Å². The zero-order valence-corrected chi connectivity index (χ0v) is 16.0. The highest BCUT2D eigenvalue weighted by Gasteiger charge is 2.38. The van der Waals surface area contributed by atoms with Crippen molar-refractivity contribution in [1.29, 1.82) is 0 Å². The lowest BCUT2D eigenvalue weighted by molar-refractivity contribution is -0.117. The molecule has 10 nitrogen and oxygen atoms in total. The zero-order valence-electron chi connectivity index (χ0n) is 15.2. The maximum absolute atomic E-state index is 15.1. The molecule has 1 aliphatic rings. The number of benzene rings is 2. The van der Waals surface area contributed by atoms with Gasteiger partial charge in [0.15, 0.2) is 17.3 Å². The normalized spacial score (nSPS) is 17.9. The Labute approximate surface area is 164 Å². The van der Waals surface area contributed by atoms with Crippen LogP contribution in [-0.4, -0.2) is 60.1 Å². The molecule has 1 saturated heterocycles. The molecule has 158 valence electrons. The molecule has 1 atom stereocenters. The number of hydrogen-bond donors (Lipinski definition) is 5. The number of hydrogen-bond acceptors (Lipinski definition) is 8. The van der Waals surface area contributed by atoms with Gasteiger partial charge < -0.3 is 25.2 Å². The summed E-state index contributed by atoms with van der Waals surface area (Å²) in [5.41, 5.74) is -2.11. The summed E-state index contributed by atoms with van der Waals surface area (Å²) in [5.74, 6) is -3.28. The predicted octanol–water partition coefficient (Wildman–Crippen LogP) is 0.0833. The third-order valence-electron chi connectivity index (χ3n) is 4.42. The van der Waals surface area contributed by atoms with Crippen LogP contribution in [0, 0.1) is 5.82 Å². The van der Waals surface area contributed by atoms with Crippen molar-refractivity contribution in [3.63, 3.8) is 0 Å². The Morgan fingerprint density at radius 2 is 1.93 bits per heavy atom. The molecule has 0 radical (unpaired) electrons. The lowest BCUT2D eigenvalue weighted by Gasteiger charge is -2.21. The number of phenolic OH excluding ortho intramolecular Hbond substituents is 2. The predicted molar refractivity (Wildman–Crippen MR) is 99.5 cm³/mol. The van der Waals surface area contributed by atoms with E-state index in [0.29, 0.717) is 4.31 Å². The number of halogens is 1. The number of anilines is 1. The Morgan fingerprint density at radius 3 is 2.52 bits per heavy atom. The van der Waals surface area contributed by atoms with E-state index < -0.39 is 52.1 Å². The summed E-state index contributed by atoms with van der Waals surface area (Å²) in [7, 11) is -4.35. The molecular weight excluding hydrogens is 411 g/mol. The van der Waals surface area contributed by atoms with Gasteiger partial charge in [0.05, 0.1) is 18.8 Å². The average molecular weight is 430 g/mol. The highest BCUT2D eigenvalue weighted by atomic mass is 32.2. The molecule has 0 bridgehead atoms. The topological polar surface area (TPSA) is 157 Å². The van der Waals surface area contributed by atoms with E-state index >= 15 is 4.39 Å². The third-order valence-corrected chi connectivity index (χ3v) is 5.80. The Hall–Kier alpha value is -2.83. The number of aromatic hydroxyl groups is 2. The smallest absolute Gasteiger partial charge is 0.326 e. The second-order valence-electron chi connectivity index (χ2n) is 6.89. The van der Waals surface area contributed by atoms with E-state index in [-0.39, 0.29) is 35.3 Å². The second kappa shape index (κ2) is 7.21. The van der Waals surface area contributed by atoms with Gasteiger partial charge >= 0.3 is 10.2 Å². The van der Waals surface area contributed by atoms with Crippen LogP contribution in [0.3, 0.4) is 0 Å². The van der Waals surface area contributed by atoms with Crippen LogP contribution in [0.25, 0.3) is 10.8 Å². The van der Waals surface area contributed by atoms with E-state index in [0.717, 1.165) is 18.2 Å². The van der Waals surface area contributed by atoms with Crippen LogP contribution in [0.2, 0.25) is 0 Å². The molecule has 3 rings (SSSR count). The van der Waals surface area contributed by atoms with Gasteiger partial charge in [0, 0.05) is 11.8 Å². The van der Waals surface area contributed by atoms with Gasteiger partial charge in [0.1, 0.15) is 18.0 Å². The van der Waals surface area contributed by atoms with Gasteiger partial charge in [-0.2, -0.15) is 8.42 Å². The molecule has 2 aromatic rings. The Morgan fingerprint density at radius 1 is 1.28 bits per heavy atom. The molecule has 1 unspecified atom stereocenters. The Kier molecular flexibility index (Phi) is 5.19. The van der Waals surface area contributed by atoms with Gasteiger partial charge in [0.2, 0.25) is 0 Å². The van der Waals surface area contributed by atoms with Crippen molar-refractivity contribution in [3.8, 4) is 17.2 Å². The van der Waals surface area contributed by atoms with Crippen molar-refractivity contribution in [2.75, 3.05) is 24.1 Å². The van der Waals surface area contributed by atoms with E-state index in [9.17, 15) is 28.5 Å². The first-order valence-electron chi connectivity index (χ1n) is 8.43. The fourth-order valence-corrected chi connectivity index (χ4v) is 3.97. The van der Waals surface area contributed by atoms with Gasteiger partial charge in [-0.05, 0) is 30.5 Å². The van der Waals surface area contributed by atoms with E-state index in [2.05, 4.69) is 0 Å². The number of fused-ring (bicyclic) bond motifs is 1. The molecule has 12 heteroatoms. The molecule has 2 aromatic carbocycles. The van der Waals surface area contributed by atoms with Crippen molar-refractivity contribution in [1.82, 2.24) is 4.72 Å². The van der Waals surface area contributed by atoms with E-state index in [1.165, 1.54) is 6.92 Å². The molecule has 1 aliphatic heterocycles. The first-order chi connectivity index (χ1) is 13.4. The quantitative estimate of drug-likeness (QED) is 0.431. The van der Waals surface area contributed by atoms with Gasteiger partial charge in [-0.1, -0.05) is 0 Å². The number of carbonyl (C=O) groups excluding carboxylic acids is 1. The van der Waals surface area contributed by atoms with Gasteiger partial charge in [-0.15, -0.1) is 0 Å². The summed E-state index contributed by atoms with van der Waals surface area (Å²) < 4.78 is 46.6. The highest BCUT2D eigenvalue weighted by Crippen LogP contribution is 2.41. The van der Waals surface area contributed by atoms with Crippen molar-refractivity contribution >= 4 is 32.6 Å². The minimum atomic E-state index is -4.35. The lowest BCUT2D eigenvalue weighted by Crippen LogP contribution is -2.31. The first-order valence-corrected chi connectivity index (χ1v) is 9.87. The number of ether oxygens (including phenoxy) is 1. The van der Waals surface area contributed by atoms with Gasteiger partial charge in [0.25, 0.3) is 5.91 Å². The Balaban J connectivity index is 2.02. The van der Waals surface area contributed by atoms with Crippen LogP contribution < -0.4 is 13.8 Å². The maximum atomic E-state index is 15.1. The zero-order chi connectivity index (χ0) is 21.6. The van der Waals surface area contributed by atoms with Gasteiger partial charge in [-0.25, -0.2) is 13.4 Å². The number of carbonyl (C=O) groups is 1. The summed E-state index contributed by atoms with van der Waals surface area (Å²) in [5, 5.41) is 38.9. The summed E-state index contributed by atoms with van der Waals surface area (Å²) in [6, 6.07) is 3.27. The number of aliphatic hydroxyl groups is 2. The number of nitrogens with one attached hydrogen (secondary N) is 1. The van der Waals surface area contributed by atoms with Crippen LogP contribution >= 0.6 is 0 Å². The van der Waals surface area contributed by atoms with Gasteiger partial charge in [-0.3, -0.25) is 4.79 Å². The minimum absolute atomic E-state index is 0.0179. The molecule has 5 N–H and O–H groups in total. The summed E-state index contributed by atoms with van der Waals surface area (Å²) in [6.07, 6.45) is 0.0179. The molecule has 1 heterocycles. The van der Waals surface area contributed by atoms with Crippen LogP contribution in [0.15, 0.2) is 18.2 Å². The molecule has 29 heavy (non-hydrogen) atoms. The molecule has 0 aromatic heterocycles. The molecule has 0 spiro atoms. The molecule has 1 amide bonds. The van der Waals surface area contributed by atoms with Crippen molar-refractivity contribution in [2.24, 2.45) is 0 Å².